The summed E-state index contributed by atoms with van der Waals surface area (Å²) in [5.74, 6) is 0.801. The molecule has 3 nitrogen and oxygen atoms in total. The number of hydrogen-bond donors (Lipinski definition) is 1. The molecule has 1 aliphatic rings. The summed E-state index contributed by atoms with van der Waals surface area (Å²) in [6.45, 7) is 6.53. The normalized spacial score (nSPS) is 21.3. The van der Waals surface area contributed by atoms with Gasteiger partial charge in [0.2, 0.25) is 0 Å². The maximum absolute atomic E-state index is 5.05. The third-order valence-corrected chi connectivity index (χ3v) is 4.34. The fourth-order valence-corrected chi connectivity index (χ4v) is 3.31. The molecule has 1 fully saturated rings. The highest BCUT2D eigenvalue weighted by Crippen LogP contribution is 2.19. The molecular formula is C14H24N2OS. The van der Waals surface area contributed by atoms with Crippen LogP contribution in [-0.2, 0) is 11.3 Å². The molecule has 0 aromatic carbocycles. The van der Waals surface area contributed by atoms with Gasteiger partial charge in [-0.15, -0.1) is 11.3 Å². The van der Waals surface area contributed by atoms with Crippen LogP contribution in [0, 0.1) is 5.92 Å². The number of hydrogen-bond acceptors (Lipinski definition) is 4. The van der Waals surface area contributed by atoms with Crippen LogP contribution >= 0.6 is 11.3 Å². The van der Waals surface area contributed by atoms with Gasteiger partial charge in [0.15, 0.2) is 0 Å². The summed E-state index contributed by atoms with van der Waals surface area (Å²) in [6.07, 6.45) is 2.70. The number of rotatable bonds is 7. The van der Waals surface area contributed by atoms with Gasteiger partial charge in [-0.25, -0.2) is 0 Å². The van der Waals surface area contributed by atoms with Crippen molar-refractivity contribution in [3.05, 3.63) is 22.4 Å². The zero-order chi connectivity index (χ0) is 12.6. The Morgan fingerprint density at radius 3 is 3.28 bits per heavy atom. The molecule has 0 bridgehead atoms. The largest absolute Gasteiger partial charge is 0.383 e. The molecule has 102 valence electrons. The van der Waals surface area contributed by atoms with Crippen LogP contribution in [0.5, 0.6) is 0 Å². The molecule has 1 saturated heterocycles. The third-order valence-electron chi connectivity index (χ3n) is 3.48. The molecule has 4 heteroatoms. The first-order valence-electron chi connectivity index (χ1n) is 6.83. The van der Waals surface area contributed by atoms with E-state index < -0.39 is 0 Å². The molecule has 1 unspecified atom stereocenters. The van der Waals surface area contributed by atoms with Crippen LogP contribution in [0.3, 0.4) is 0 Å². The number of nitrogens with zero attached hydrogens (tertiary/aromatic N) is 1. The number of methoxy groups -OCH3 is 1. The first-order valence-corrected chi connectivity index (χ1v) is 7.71. The van der Waals surface area contributed by atoms with Crippen LogP contribution in [0.2, 0.25) is 0 Å². The van der Waals surface area contributed by atoms with Gasteiger partial charge in [0.25, 0.3) is 0 Å². The minimum absolute atomic E-state index is 0.801. The van der Waals surface area contributed by atoms with Gasteiger partial charge in [-0.05, 0) is 43.3 Å². The molecule has 2 heterocycles. The van der Waals surface area contributed by atoms with E-state index >= 15 is 0 Å². The topological polar surface area (TPSA) is 24.5 Å². The van der Waals surface area contributed by atoms with Crippen LogP contribution in [0.15, 0.2) is 17.5 Å². The lowest BCUT2D eigenvalue weighted by atomic mass is 9.98. The van der Waals surface area contributed by atoms with E-state index in [0.29, 0.717) is 0 Å². The van der Waals surface area contributed by atoms with Gasteiger partial charge in [0.1, 0.15) is 0 Å². The van der Waals surface area contributed by atoms with Crippen molar-refractivity contribution in [3.8, 4) is 0 Å². The van der Waals surface area contributed by atoms with Crippen molar-refractivity contribution < 1.29 is 4.74 Å². The Morgan fingerprint density at radius 2 is 2.50 bits per heavy atom. The average molecular weight is 268 g/mol. The van der Waals surface area contributed by atoms with E-state index in [0.717, 1.165) is 32.2 Å². The van der Waals surface area contributed by atoms with Crippen LogP contribution in [-0.4, -0.2) is 44.8 Å². The first-order chi connectivity index (χ1) is 8.88. The Kier molecular flexibility index (Phi) is 6.14. The van der Waals surface area contributed by atoms with Crippen molar-refractivity contribution >= 4 is 11.3 Å². The maximum Gasteiger partial charge on any atom is 0.0587 e. The van der Waals surface area contributed by atoms with Crippen LogP contribution in [0.1, 0.15) is 17.7 Å². The summed E-state index contributed by atoms with van der Waals surface area (Å²) in [5.41, 5.74) is 0. The molecule has 1 atom stereocenters. The number of ether oxygens (including phenoxy) is 1. The quantitative estimate of drug-likeness (QED) is 0.767. The van der Waals surface area contributed by atoms with Crippen molar-refractivity contribution in [3.63, 3.8) is 0 Å². The Hall–Kier alpha value is -0.420. The van der Waals surface area contributed by atoms with Crippen molar-refractivity contribution in [2.75, 3.05) is 39.9 Å². The minimum atomic E-state index is 0.801. The molecule has 18 heavy (non-hydrogen) atoms. The second kappa shape index (κ2) is 7.89. The van der Waals surface area contributed by atoms with Gasteiger partial charge < -0.3 is 10.1 Å². The summed E-state index contributed by atoms with van der Waals surface area (Å²) in [6, 6.07) is 4.39. The summed E-state index contributed by atoms with van der Waals surface area (Å²) in [5, 5.41) is 5.66. The fraction of sp³-hybridized carbons (Fsp3) is 0.714. The van der Waals surface area contributed by atoms with E-state index in [4.69, 9.17) is 4.74 Å². The molecule has 0 amide bonds. The summed E-state index contributed by atoms with van der Waals surface area (Å²) in [4.78, 5) is 4.08. The first kappa shape index (κ1) is 14.0. The van der Waals surface area contributed by atoms with Gasteiger partial charge in [-0.1, -0.05) is 6.07 Å². The predicted molar refractivity (Wildman–Crippen MR) is 77.1 cm³/mol. The molecule has 0 radical (unpaired) electrons. The Labute approximate surface area is 114 Å². The van der Waals surface area contributed by atoms with Crippen molar-refractivity contribution in [1.29, 1.82) is 0 Å². The summed E-state index contributed by atoms with van der Waals surface area (Å²) >= 11 is 1.87. The van der Waals surface area contributed by atoms with E-state index in [1.807, 2.05) is 11.3 Å². The van der Waals surface area contributed by atoms with Crippen LogP contribution in [0.25, 0.3) is 0 Å². The van der Waals surface area contributed by atoms with Gasteiger partial charge in [-0.3, -0.25) is 4.90 Å². The van der Waals surface area contributed by atoms with Gasteiger partial charge in [0.05, 0.1) is 6.61 Å². The van der Waals surface area contributed by atoms with Crippen LogP contribution < -0.4 is 5.32 Å². The minimum Gasteiger partial charge on any atom is -0.383 e. The number of likely N-dealkylation sites (tertiary alicyclic amines) is 1. The van der Waals surface area contributed by atoms with Crippen molar-refractivity contribution in [2.24, 2.45) is 5.92 Å². The lowest BCUT2D eigenvalue weighted by molar-refractivity contribution is 0.160. The lowest BCUT2D eigenvalue weighted by Gasteiger charge is -2.32. The second-order valence-corrected chi connectivity index (χ2v) is 6.05. The Morgan fingerprint density at radius 1 is 1.56 bits per heavy atom. The molecule has 1 N–H and O–H groups in total. The summed E-state index contributed by atoms with van der Waals surface area (Å²) in [7, 11) is 1.76. The standard InChI is InChI=1S/C14H24N2OS/c1-17-8-6-15-10-13-4-2-7-16(11-13)12-14-5-3-9-18-14/h3,5,9,13,15H,2,4,6-8,10-12H2,1H3. The van der Waals surface area contributed by atoms with Crippen molar-refractivity contribution in [1.82, 2.24) is 10.2 Å². The Balaban J connectivity index is 1.67. The number of nitrogens with one attached hydrogen (secondary N) is 1. The zero-order valence-corrected chi connectivity index (χ0v) is 12.0. The van der Waals surface area contributed by atoms with E-state index in [1.54, 1.807) is 7.11 Å². The maximum atomic E-state index is 5.05. The monoisotopic (exact) mass is 268 g/mol. The molecule has 1 aromatic heterocycles. The third kappa shape index (κ3) is 4.69. The molecule has 0 aliphatic carbocycles. The van der Waals surface area contributed by atoms with Gasteiger partial charge in [0, 0.05) is 31.6 Å². The van der Waals surface area contributed by atoms with E-state index in [2.05, 4.69) is 27.7 Å². The molecule has 0 spiro atoms. The molecular weight excluding hydrogens is 244 g/mol. The highest BCUT2D eigenvalue weighted by molar-refractivity contribution is 7.09. The average Bonchev–Trinajstić information content (AvgIpc) is 2.88. The highest BCUT2D eigenvalue weighted by Gasteiger charge is 2.19. The molecule has 1 aliphatic heterocycles. The molecule has 2 rings (SSSR count). The van der Waals surface area contributed by atoms with E-state index in [9.17, 15) is 0 Å². The van der Waals surface area contributed by atoms with E-state index in [1.165, 1.54) is 30.8 Å². The van der Waals surface area contributed by atoms with Crippen LogP contribution in [0.4, 0.5) is 0 Å². The molecule has 1 aromatic rings. The smallest absolute Gasteiger partial charge is 0.0587 e. The van der Waals surface area contributed by atoms with Gasteiger partial charge >= 0.3 is 0 Å². The highest BCUT2D eigenvalue weighted by atomic mass is 32.1. The molecule has 0 saturated carbocycles. The van der Waals surface area contributed by atoms with Crippen molar-refractivity contribution in [2.45, 2.75) is 19.4 Å². The number of thiophene rings is 1. The number of piperidine rings is 1. The zero-order valence-electron chi connectivity index (χ0n) is 11.2. The predicted octanol–water partition coefficient (Wildman–Crippen LogP) is 2.20. The van der Waals surface area contributed by atoms with E-state index in [-0.39, 0.29) is 0 Å². The lowest BCUT2D eigenvalue weighted by Crippen LogP contribution is -2.39. The summed E-state index contributed by atoms with van der Waals surface area (Å²) < 4.78 is 5.05. The SMILES string of the molecule is COCCNCC1CCCN(Cc2cccs2)C1. The second-order valence-electron chi connectivity index (χ2n) is 5.02. The Bertz CT molecular complexity index is 316. The van der Waals surface area contributed by atoms with Gasteiger partial charge in [-0.2, -0.15) is 0 Å². The fourth-order valence-electron chi connectivity index (χ4n) is 2.56.